The lowest BCUT2D eigenvalue weighted by Crippen LogP contribution is -2.22. The fourth-order valence-corrected chi connectivity index (χ4v) is 1.67. The largest absolute Gasteiger partial charge is 0.274 e. The Bertz CT molecular complexity index is 278. The second-order valence-corrected chi connectivity index (χ2v) is 3.97. The number of carbonyl (C=O) groups is 2. The van der Waals surface area contributed by atoms with Crippen LogP contribution in [0.2, 0.25) is 0 Å². The van der Waals surface area contributed by atoms with Crippen LogP contribution in [-0.4, -0.2) is 16.7 Å². The summed E-state index contributed by atoms with van der Waals surface area (Å²) in [5.74, 6) is -0.152. The average molecular weight is 221 g/mol. The molecule has 0 aromatic rings. The number of unbranched alkanes of at least 4 members (excludes halogenated alkanes) is 4. The Kier molecular flexibility index (Phi) is 5.54. The lowest BCUT2D eigenvalue weighted by molar-refractivity contribution is -0.135. The number of imide groups is 1. The monoisotopic (exact) mass is 221 g/mol. The van der Waals surface area contributed by atoms with Crippen molar-refractivity contribution < 1.29 is 9.59 Å². The summed E-state index contributed by atoms with van der Waals surface area (Å²) >= 11 is 0. The highest BCUT2D eigenvalue weighted by Gasteiger charge is 2.26. The van der Waals surface area contributed by atoms with Gasteiger partial charge in [0.25, 0.3) is 0 Å². The van der Waals surface area contributed by atoms with Crippen molar-refractivity contribution in [1.82, 2.24) is 4.90 Å². The van der Waals surface area contributed by atoms with Gasteiger partial charge in [0.05, 0.1) is 0 Å². The molecule has 88 valence electrons. The maximum atomic E-state index is 11.2. The first-order valence-electron chi connectivity index (χ1n) is 5.88. The smallest absolute Gasteiger partial charge is 0.233 e. The van der Waals surface area contributed by atoms with E-state index in [2.05, 4.69) is 6.58 Å². The number of likely N-dealkylation sites (tertiary alicyclic amines) is 1. The maximum absolute atomic E-state index is 11.2. The van der Waals surface area contributed by atoms with Gasteiger partial charge in [-0.3, -0.25) is 14.5 Å². The molecule has 0 bridgehead atoms. The van der Waals surface area contributed by atoms with Crippen LogP contribution in [0.15, 0.2) is 24.9 Å². The molecule has 0 N–H and O–H groups in total. The molecule has 3 heteroatoms. The summed E-state index contributed by atoms with van der Waals surface area (Å²) in [7, 11) is 0. The van der Waals surface area contributed by atoms with Crippen LogP contribution in [0.1, 0.15) is 44.9 Å². The molecule has 1 rings (SSSR count). The molecule has 1 saturated heterocycles. The van der Waals surface area contributed by atoms with Crippen LogP contribution in [0.4, 0.5) is 0 Å². The van der Waals surface area contributed by atoms with Crippen molar-refractivity contribution in [3.05, 3.63) is 24.9 Å². The Hall–Kier alpha value is -1.38. The SMILES string of the molecule is C=CCCCCCC=CN1C(=O)CCC1=O. The van der Waals surface area contributed by atoms with E-state index in [0.717, 1.165) is 25.7 Å². The predicted molar refractivity (Wildman–Crippen MR) is 63.5 cm³/mol. The van der Waals surface area contributed by atoms with Crippen LogP contribution >= 0.6 is 0 Å². The zero-order valence-electron chi connectivity index (χ0n) is 9.65. The molecule has 16 heavy (non-hydrogen) atoms. The minimum absolute atomic E-state index is 0.0760. The highest BCUT2D eigenvalue weighted by atomic mass is 16.2. The van der Waals surface area contributed by atoms with Crippen molar-refractivity contribution in [1.29, 1.82) is 0 Å². The Morgan fingerprint density at radius 3 is 2.31 bits per heavy atom. The maximum Gasteiger partial charge on any atom is 0.233 e. The summed E-state index contributed by atoms with van der Waals surface area (Å²) < 4.78 is 0. The van der Waals surface area contributed by atoms with E-state index in [0.29, 0.717) is 12.8 Å². The second-order valence-electron chi connectivity index (χ2n) is 3.97. The summed E-state index contributed by atoms with van der Waals surface area (Å²) in [6.07, 6.45) is 11.6. The van der Waals surface area contributed by atoms with E-state index in [1.165, 1.54) is 11.3 Å². The topological polar surface area (TPSA) is 37.4 Å². The lowest BCUT2D eigenvalue weighted by atomic mass is 10.1. The third-order valence-corrected chi connectivity index (χ3v) is 2.62. The van der Waals surface area contributed by atoms with Gasteiger partial charge in [0.15, 0.2) is 0 Å². The van der Waals surface area contributed by atoms with Crippen LogP contribution in [-0.2, 0) is 9.59 Å². The Balaban J connectivity index is 2.14. The van der Waals surface area contributed by atoms with Crippen LogP contribution in [0.25, 0.3) is 0 Å². The molecular formula is C13H19NO2. The van der Waals surface area contributed by atoms with Crippen LogP contribution < -0.4 is 0 Å². The first-order valence-corrected chi connectivity index (χ1v) is 5.88. The molecule has 1 heterocycles. The number of amides is 2. The van der Waals surface area contributed by atoms with Crippen LogP contribution in [0.3, 0.4) is 0 Å². The first kappa shape index (κ1) is 12.7. The number of rotatable bonds is 7. The molecule has 0 aliphatic carbocycles. The summed E-state index contributed by atoms with van der Waals surface area (Å²) in [4.78, 5) is 23.7. The van der Waals surface area contributed by atoms with Gasteiger partial charge in [-0.15, -0.1) is 6.58 Å². The van der Waals surface area contributed by atoms with Gasteiger partial charge in [0.1, 0.15) is 0 Å². The van der Waals surface area contributed by atoms with Crippen molar-refractivity contribution in [2.75, 3.05) is 0 Å². The third-order valence-electron chi connectivity index (χ3n) is 2.62. The fraction of sp³-hybridized carbons (Fsp3) is 0.538. The van der Waals surface area contributed by atoms with Crippen molar-refractivity contribution in [2.24, 2.45) is 0 Å². The molecule has 2 amide bonds. The van der Waals surface area contributed by atoms with E-state index in [-0.39, 0.29) is 11.8 Å². The van der Waals surface area contributed by atoms with Crippen molar-refractivity contribution >= 4 is 11.8 Å². The fourth-order valence-electron chi connectivity index (χ4n) is 1.67. The molecule has 1 fully saturated rings. The number of nitrogens with zero attached hydrogens (tertiary/aromatic N) is 1. The molecule has 0 spiro atoms. The molecule has 0 atom stereocenters. The molecular weight excluding hydrogens is 202 g/mol. The van der Waals surface area contributed by atoms with E-state index >= 15 is 0 Å². The number of carbonyl (C=O) groups excluding carboxylic acids is 2. The predicted octanol–water partition coefficient (Wildman–Crippen LogP) is 2.79. The van der Waals surface area contributed by atoms with E-state index in [9.17, 15) is 9.59 Å². The summed E-state index contributed by atoms with van der Waals surface area (Å²) in [6, 6.07) is 0. The zero-order valence-corrected chi connectivity index (χ0v) is 9.65. The normalized spacial score (nSPS) is 16.4. The molecule has 3 nitrogen and oxygen atoms in total. The minimum Gasteiger partial charge on any atom is -0.274 e. The van der Waals surface area contributed by atoms with E-state index in [1.54, 1.807) is 6.20 Å². The lowest BCUT2D eigenvalue weighted by Gasteiger charge is -2.06. The van der Waals surface area contributed by atoms with Crippen molar-refractivity contribution in [3.63, 3.8) is 0 Å². The van der Waals surface area contributed by atoms with E-state index in [1.807, 2.05) is 12.2 Å². The standard InChI is InChI=1S/C13H19NO2/c1-2-3-4-5-6-7-8-11-14-12(15)9-10-13(14)16/h2,8,11H,1,3-7,9-10H2. The average Bonchev–Trinajstić information content (AvgIpc) is 2.59. The Labute approximate surface area is 96.8 Å². The zero-order chi connectivity index (χ0) is 11.8. The highest BCUT2D eigenvalue weighted by molar-refractivity contribution is 6.02. The molecule has 0 saturated carbocycles. The molecule has 0 aromatic carbocycles. The molecule has 0 radical (unpaired) electrons. The Morgan fingerprint density at radius 2 is 1.69 bits per heavy atom. The highest BCUT2D eigenvalue weighted by Crippen LogP contribution is 2.12. The second kappa shape index (κ2) is 6.99. The quantitative estimate of drug-likeness (QED) is 0.376. The van der Waals surface area contributed by atoms with Crippen LogP contribution in [0, 0.1) is 0 Å². The third kappa shape index (κ3) is 4.01. The summed E-state index contributed by atoms with van der Waals surface area (Å²) in [5, 5.41) is 0. The van der Waals surface area contributed by atoms with Gasteiger partial charge in [-0.1, -0.05) is 18.6 Å². The number of hydrogen-bond acceptors (Lipinski definition) is 2. The van der Waals surface area contributed by atoms with Gasteiger partial charge in [-0.25, -0.2) is 0 Å². The summed E-state index contributed by atoms with van der Waals surface area (Å²) in [5.41, 5.74) is 0. The van der Waals surface area contributed by atoms with Gasteiger partial charge >= 0.3 is 0 Å². The van der Waals surface area contributed by atoms with Gasteiger partial charge in [-0.2, -0.15) is 0 Å². The van der Waals surface area contributed by atoms with Crippen LogP contribution in [0.5, 0.6) is 0 Å². The molecule has 1 aliphatic rings. The van der Waals surface area contributed by atoms with Gasteiger partial charge in [0.2, 0.25) is 11.8 Å². The van der Waals surface area contributed by atoms with Gasteiger partial charge in [0, 0.05) is 19.0 Å². The van der Waals surface area contributed by atoms with Crippen molar-refractivity contribution in [3.8, 4) is 0 Å². The number of hydrogen-bond donors (Lipinski definition) is 0. The van der Waals surface area contributed by atoms with E-state index < -0.39 is 0 Å². The minimum atomic E-state index is -0.0760. The van der Waals surface area contributed by atoms with Crippen molar-refractivity contribution in [2.45, 2.75) is 44.9 Å². The number of allylic oxidation sites excluding steroid dienone is 2. The molecule has 1 aliphatic heterocycles. The molecule has 0 aromatic heterocycles. The molecule has 0 unspecified atom stereocenters. The first-order chi connectivity index (χ1) is 7.75. The van der Waals surface area contributed by atoms with Gasteiger partial charge in [-0.05, 0) is 25.7 Å². The Morgan fingerprint density at radius 1 is 1.06 bits per heavy atom. The van der Waals surface area contributed by atoms with Gasteiger partial charge < -0.3 is 0 Å². The van der Waals surface area contributed by atoms with E-state index in [4.69, 9.17) is 0 Å². The summed E-state index contributed by atoms with van der Waals surface area (Å²) in [6.45, 7) is 3.67.